The molecule has 8 nitrogen and oxygen atoms in total. The Bertz CT molecular complexity index is 2040. The Labute approximate surface area is 296 Å². The van der Waals surface area contributed by atoms with Crippen molar-refractivity contribution in [1.82, 2.24) is 5.32 Å². The molecule has 1 atom stereocenters. The van der Waals surface area contributed by atoms with Crippen LogP contribution in [0.15, 0.2) is 138 Å². The molecule has 1 unspecified atom stereocenters. The van der Waals surface area contributed by atoms with Crippen molar-refractivity contribution in [2.45, 2.75) is 16.3 Å². The third-order valence-corrected chi connectivity index (χ3v) is 8.65. The van der Waals surface area contributed by atoms with Crippen LogP contribution in [0.5, 0.6) is 11.5 Å². The maximum atomic E-state index is 13.8. The first-order chi connectivity index (χ1) is 24.5. The molecule has 0 saturated heterocycles. The fourth-order valence-electron chi connectivity index (χ4n) is 4.99. The third kappa shape index (κ3) is 9.58. The highest BCUT2D eigenvalue weighted by Crippen LogP contribution is 2.38. The number of para-hydroxylation sites is 1. The van der Waals surface area contributed by atoms with Crippen LogP contribution in [0.4, 0.5) is 24.5 Å². The fraction of sp³-hybridized carbons (Fsp3) is 0.103. The number of alkyl halides is 3. The van der Waals surface area contributed by atoms with Crippen LogP contribution in [0.1, 0.15) is 32.3 Å². The lowest BCUT2D eigenvalue weighted by molar-refractivity contribution is -0.137. The van der Waals surface area contributed by atoms with Gasteiger partial charge < -0.3 is 25.4 Å². The van der Waals surface area contributed by atoms with Crippen LogP contribution in [-0.4, -0.2) is 31.9 Å². The number of nitrogens with one attached hydrogen (secondary N) is 3. The van der Waals surface area contributed by atoms with Gasteiger partial charge in [0.1, 0.15) is 10.9 Å². The molecule has 12 heteroatoms. The zero-order valence-corrected chi connectivity index (χ0v) is 28.2. The van der Waals surface area contributed by atoms with Crippen LogP contribution in [0.2, 0.25) is 0 Å². The van der Waals surface area contributed by atoms with Gasteiger partial charge >= 0.3 is 6.18 Å². The van der Waals surface area contributed by atoms with Gasteiger partial charge in [0.15, 0.2) is 11.5 Å². The number of thioether (sulfide) groups is 1. The number of anilines is 2. The van der Waals surface area contributed by atoms with E-state index in [1.165, 1.54) is 32.4 Å². The highest BCUT2D eigenvalue weighted by Gasteiger charge is 2.31. The average Bonchev–Trinajstić information content (AvgIpc) is 3.14. The Kier molecular flexibility index (Phi) is 11.8. The van der Waals surface area contributed by atoms with Gasteiger partial charge in [-0.3, -0.25) is 14.4 Å². The van der Waals surface area contributed by atoms with E-state index in [2.05, 4.69) is 16.0 Å². The minimum Gasteiger partial charge on any atom is -0.493 e. The van der Waals surface area contributed by atoms with Gasteiger partial charge in [-0.15, -0.1) is 11.8 Å². The van der Waals surface area contributed by atoms with Crippen LogP contribution in [0.25, 0.3) is 6.08 Å². The number of hydrogen-bond acceptors (Lipinski definition) is 6. The molecule has 3 amide bonds. The lowest BCUT2D eigenvalue weighted by Crippen LogP contribution is -2.30. The summed E-state index contributed by atoms with van der Waals surface area (Å²) >= 11 is 1.15. The lowest BCUT2D eigenvalue weighted by atomic mass is 10.1. The summed E-state index contributed by atoms with van der Waals surface area (Å²) in [5, 5.41) is 7.25. The molecule has 51 heavy (non-hydrogen) atoms. The molecule has 5 aromatic carbocycles. The summed E-state index contributed by atoms with van der Waals surface area (Å²) in [6.07, 6.45) is -3.10. The summed E-state index contributed by atoms with van der Waals surface area (Å²) in [5.41, 5.74) is 0.804. The fourth-order valence-corrected chi connectivity index (χ4v) is 6.07. The minimum absolute atomic E-state index is 0.00176. The largest absolute Gasteiger partial charge is 0.493 e. The molecule has 0 aliphatic heterocycles. The van der Waals surface area contributed by atoms with E-state index in [1.54, 1.807) is 103 Å². The predicted octanol–water partition coefficient (Wildman–Crippen LogP) is 8.60. The molecule has 0 heterocycles. The van der Waals surface area contributed by atoms with Crippen LogP contribution < -0.4 is 25.4 Å². The summed E-state index contributed by atoms with van der Waals surface area (Å²) in [7, 11) is 2.95. The van der Waals surface area contributed by atoms with E-state index in [-0.39, 0.29) is 11.4 Å². The summed E-state index contributed by atoms with van der Waals surface area (Å²) in [5.74, 6) is -0.918. The molecule has 260 valence electrons. The van der Waals surface area contributed by atoms with Gasteiger partial charge in [0, 0.05) is 27.4 Å². The second-order valence-electron chi connectivity index (χ2n) is 10.9. The van der Waals surface area contributed by atoms with Gasteiger partial charge in [-0.25, -0.2) is 0 Å². The Morgan fingerprint density at radius 3 is 2.04 bits per heavy atom. The van der Waals surface area contributed by atoms with E-state index in [4.69, 9.17) is 9.47 Å². The highest BCUT2D eigenvalue weighted by molar-refractivity contribution is 8.00. The van der Waals surface area contributed by atoms with E-state index >= 15 is 0 Å². The SMILES string of the molecule is COc1cccc(/C=C(/NC(=O)c2ccccc2)C(=O)Nc2cccc(SC(C(=O)Nc3cccc(C(F)(F)F)c3)c3ccccc3)c2)c1OC. The molecule has 0 aliphatic carbocycles. The number of ether oxygens (including phenoxy) is 2. The van der Waals surface area contributed by atoms with Crippen LogP contribution >= 0.6 is 11.8 Å². The number of carbonyl (C=O) groups excluding carboxylic acids is 3. The maximum Gasteiger partial charge on any atom is 0.416 e. The number of amides is 3. The van der Waals surface area contributed by atoms with Crippen molar-refractivity contribution >= 4 is 46.9 Å². The summed E-state index contributed by atoms with van der Waals surface area (Å²) in [6.45, 7) is 0. The van der Waals surface area contributed by atoms with Gasteiger partial charge in [0.2, 0.25) is 5.91 Å². The number of rotatable bonds is 12. The monoisotopic (exact) mass is 711 g/mol. The standard InChI is InChI=1S/C39H32F3N3O5S/c1-49-33-21-9-16-27(34(33)50-2)22-32(45-36(46)26-14-7-4-8-15-26)37(47)43-30-19-11-20-31(24-30)51-35(25-12-5-3-6-13-25)38(48)44-29-18-10-17-28(23-29)39(40,41)42/h3-24,35H,1-2H3,(H,43,47)(H,44,48)(H,45,46)/b32-22+. The van der Waals surface area contributed by atoms with Crippen molar-refractivity contribution in [2.24, 2.45) is 0 Å². The smallest absolute Gasteiger partial charge is 0.416 e. The number of methoxy groups -OCH3 is 2. The molecule has 0 aliphatic rings. The number of hydrogen-bond donors (Lipinski definition) is 3. The van der Waals surface area contributed by atoms with Crippen LogP contribution in [0.3, 0.4) is 0 Å². The predicted molar refractivity (Wildman–Crippen MR) is 192 cm³/mol. The van der Waals surface area contributed by atoms with E-state index in [1.807, 2.05) is 0 Å². The number of carbonyl (C=O) groups is 3. The van der Waals surface area contributed by atoms with E-state index in [0.29, 0.717) is 38.8 Å². The van der Waals surface area contributed by atoms with Gasteiger partial charge in [-0.05, 0) is 66.2 Å². The zero-order chi connectivity index (χ0) is 36.4. The Hall–Kier alpha value is -6.01. The zero-order valence-electron chi connectivity index (χ0n) is 27.4. The summed E-state index contributed by atoms with van der Waals surface area (Å²) in [6, 6.07) is 33.5. The summed E-state index contributed by atoms with van der Waals surface area (Å²) in [4.78, 5) is 41.1. The lowest BCUT2D eigenvalue weighted by Gasteiger charge is -2.18. The molecule has 0 fully saturated rings. The molecular weight excluding hydrogens is 680 g/mol. The summed E-state index contributed by atoms with van der Waals surface area (Å²) < 4.78 is 50.9. The van der Waals surface area contributed by atoms with Gasteiger partial charge in [-0.1, -0.05) is 72.8 Å². The first-order valence-corrected chi connectivity index (χ1v) is 16.3. The second kappa shape index (κ2) is 16.6. The molecule has 0 spiro atoms. The number of benzene rings is 5. The molecule has 0 saturated carbocycles. The van der Waals surface area contributed by atoms with Gasteiger partial charge in [-0.2, -0.15) is 13.2 Å². The van der Waals surface area contributed by atoms with E-state index < -0.39 is 34.7 Å². The van der Waals surface area contributed by atoms with E-state index in [0.717, 1.165) is 23.9 Å². The Balaban J connectivity index is 1.41. The molecule has 3 N–H and O–H groups in total. The Morgan fingerprint density at radius 1 is 0.725 bits per heavy atom. The molecule has 5 aromatic rings. The molecule has 5 rings (SSSR count). The van der Waals surface area contributed by atoms with Gasteiger partial charge in [0.25, 0.3) is 11.8 Å². The average molecular weight is 712 g/mol. The highest BCUT2D eigenvalue weighted by atomic mass is 32.2. The van der Waals surface area contributed by atoms with Gasteiger partial charge in [0.05, 0.1) is 19.8 Å². The van der Waals surface area contributed by atoms with Crippen LogP contribution in [-0.2, 0) is 15.8 Å². The van der Waals surface area contributed by atoms with Crippen molar-refractivity contribution in [1.29, 1.82) is 0 Å². The van der Waals surface area contributed by atoms with Crippen molar-refractivity contribution in [3.05, 3.63) is 155 Å². The molecule has 0 bridgehead atoms. The molecule has 0 radical (unpaired) electrons. The number of halogens is 3. The Morgan fingerprint density at radius 2 is 1.37 bits per heavy atom. The van der Waals surface area contributed by atoms with Crippen molar-refractivity contribution in [2.75, 3.05) is 24.9 Å². The minimum atomic E-state index is -4.57. The van der Waals surface area contributed by atoms with Crippen LogP contribution in [0, 0.1) is 0 Å². The molecular formula is C39H32F3N3O5S. The first kappa shape index (κ1) is 36.3. The molecule has 0 aromatic heterocycles. The van der Waals surface area contributed by atoms with Crippen molar-refractivity contribution in [3.8, 4) is 11.5 Å². The quantitative estimate of drug-likeness (QED) is 0.0885. The normalized spacial score (nSPS) is 12.0. The van der Waals surface area contributed by atoms with Crippen molar-refractivity contribution < 1.29 is 37.0 Å². The van der Waals surface area contributed by atoms with E-state index in [9.17, 15) is 27.6 Å². The topological polar surface area (TPSA) is 106 Å². The maximum absolute atomic E-state index is 13.8. The first-order valence-electron chi connectivity index (χ1n) is 15.5. The third-order valence-electron chi connectivity index (χ3n) is 7.41. The second-order valence-corrected chi connectivity index (χ2v) is 12.1. The van der Waals surface area contributed by atoms with Crippen molar-refractivity contribution in [3.63, 3.8) is 0 Å².